The molecule has 0 aromatic heterocycles. The van der Waals surface area contributed by atoms with Crippen LogP contribution in [-0.4, -0.2) is 36.5 Å². The van der Waals surface area contributed by atoms with Crippen LogP contribution in [0.15, 0.2) is 0 Å². The number of hydrogen-bond acceptors (Lipinski definition) is 3. The van der Waals surface area contributed by atoms with E-state index in [9.17, 15) is 13.5 Å². The quantitative estimate of drug-likeness (QED) is 0.551. The maximum atomic E-state index is 10.6. The largest absolute Gasteiger partial charge is 0.387 e. The topological polar surface area (TPSA) is 83.6 Å². The van der Waals surface area contributed by atoms with Crippen molar-refractivity contribution in [3.8, 4) is 0 Å². The van der Waals surface area contributed by atoms with Crippen molar-refractivity contribution in [3.63, 3.8) is 0 Å². The second kappa shape index (κ2) is 2.41. The average molecular weight is 180 g/mol. The van der Waals surface area contributed by atoms with E-state index in [1.165, 1.54) is 0 Å². The Morgan fingerprint density at radius 2 is 2.09 bits per heavy atom. The molecular weight excluding hydrogens is 168 g/mol. The van der Waals surface area contributed by atoms with Crippen LogP contribution >= 0.6 is 0 Å². The highest BCUT2D eigenvalue weighted by Gasteiger charge is 2.44. The summed E-state index contributed by atoms with van der Waals surface area (Å²) in [5, 5.41) is 14.2. The predicted octanol–water partition coefficient (Wildman–Crippen LogP) is -1.35. The monoisotopic (exact) mass is 180 g/mol. The number of hydrogen-bond donors (Lipinski definition) is 2. The van der Waals surface area contributed by atoms with Crippen molar-refractivity contribution in [2.75, 3.05) is 13.1 Å². The van der Waals surface area contributed by atoms with Crippen LogP contribution in [0.3, 0.4) is 0 Å². The van der Waals surface area contributed by atoms with Gasteiger partial charge in [0.05, 0.1) is 5.60 Å². The Labute approximate surface area is 66.0 Å². The maximum absolute atomic E-state index is 10.6. The molecule has 5 nitrogen and oxygen atoms in total. The molecule has 0 radical (unpaired) electrons. The molecule has 3 N–H and O–H groups in total. The maximum Gasteiger partial charge on any atom is 0.277 e. The summed E-state index contributed by atoms with van der Waals surface area (Å²) in [5.74, 6) is 0. The molecule has 66 valence electrons. The Kier molecular flexibility index (Phi) is 1.96. The lowest BCUT2D eigenvalue weighted by Gasteiger charge is -2.43. The first-order valence-corrected chi connectivity index (χ1v) is 4.88. The van der Waals surface area contributed by atoms with E-state index in [2.05, 4.69) is 0 Å². The summed E-state index contributed by atoms with van der Waals surface area (Å²) in [7, 11) is -3.57. The lowest BCUT2D eigenvalue weighted by Crippen LogP contribution is -2.64. The van der Waals surface area contributed by atoms with Crippen molar-refractivity contribution >= 4 is 10.2 Å². The van der Waals surface area contributed by atoms with Crippen LogP contribution in [0.25, 0.3) is 0 Å². The van der Waals surface area contributed by atoms with Gasteiger partial charge in [-0.1, -0.05) is 6.92 Å². The molecule has 0 unspecified atom stereocenters. The smallest absolute Gasteiger partial charge is 0.277 e. The first-order chi connectivity index (χ1) is 4.87. The highest BCUT2D eigenvalue weighted by molar-refractivity contribution is 7.86. The van der Waals surface area contributed by atoms with Crippen LogP contribution in [0.5, 0.6) is 0 Å². The zero-order valence-electron chi connectivity index (χ0n) is 6.32. The van der Waals surface area contributed by atoms with E-state index < -0.39 is 15.8 Å². The van der Waals surface area contributed by atoms with Crippen molar-refractivity contribution in [1.29, 1.82) is 0 Å². The molecule has 0 amide bonds. The van der Waals surface area contributed by atoms with Gasteiger partial charge in [0, 0.05) is 13.1 Å². The van der Waals surface area contributed by atoms with Gasteiger partial charge in [-0.15, -0.1) is 0 Å². The Morgan fingerprint density at radius 1 is 1.64 bits per heavy atom. The lowest BCUT2D eigenvalue weighted by molar-refractivity contribution is -0.0613. The Bertz CT molecular complexity index is 242. The van der Waals surface area contributed by atoms with Crippen LogP contribution in [0.1, 0.15) is 13.3 Å². The average Bonchev–Trinajstić information content (AvgIpc) is 1.78. The van der Waals surface area contributed by atoms with Gasteiger partial charge in [-0.2, -0.15) is 12.7 Å². The van der Waals surface area contributed by atoms with E-state index >= 15 is 0 Å². The molecule has 1 aliphatic rings. The third-order valence-corrected chi connectivity index (χ3v) is 2.94. The third-order valence-electron chi connectivity index (χ3n) is 1.96. The summed E-state index contributed by atoms with van der Waals surface area (Å²) in [4.78, 5) is 0. The Balaban J connectivity index is 2.54. The molecule has 0 aromatic carbocycles. The first kappa shape index (κ1) is 8.92. The van der Waals surface area contributed by atoms with E-state index in [4.69, 9.17) is 5.14 Å². The van der Waals surface area contributed by atoms with Crippen LogP contribution in [-0.2, 0) is 10.2 Å². The van der Waals surface area contributed by atoms with E-state index in [-0.39, 0.29) is 13.1 Å². The van der Waals surface area contributed by atoms with Gasteiger partial charge in [0.25, 0.3) is 10.2 Å². The molecule has 1 fully saturated rings. The van der Waals surface area contributed by atoms with Crippen molar-refractivity contribution in [2.24, 2.45) is 5.14 Å². The second-order valence-electron chi connectivity index (χ2n) is 2.89. The van der Waals surface area contributed by atoms with E-state index in [1.807, 2.05) is 0 Å². The van der Waals surface area contributed by atoms with Crippen LogP contribution < -0.4 is 5.14 Å². The number of β-amino-alcohol motifs (C(OH)–C–C–N with tert-alkyl or cyclic N) is 1. The summed E-state index contributed by atoms with van der Waals surface area (Å²) in [6.45, 7) is 2.06. The minimum Gasteiger partial charge on any atom is -0.387 e. The van der Waals surface area contributed by atoms with Crippen LogP contribution in [0, 0.1) is 0 Å². The van der Waals surface area contributed by atoms with Gasteiger partial charge >= 0.3 is 0 Å². The molecule has 1 saturated heterocycles. The van der Waals surface area contributed by atoms with E-state index in [0.29, 0.717) is 6.42 Å². The second-order valence-corrected chi connectivity index (χ2v) is 4.44. The fraction of sp³-hybridized carbons (Fsp3) is 1.00. The fourth-order valence-electron chi connectivity index (χ4n) is 1.01. The van der Waals surface area contributed by atoms with Crippen molar-refractivity contribution < 1.29 is 13.5 Å². The molecule has 1 aliphatic heterocycles. The van der Waals surface area contributed by atoms with E-state index in [1.54, 1.807) is 6.92 Å². The molecule has 0 aromatic rings. The molecule has 0 atom stereocenters. The minimum absolute atomic E-state index is 0.127. The standard InChI is InChI=1S/C5H12N2O3S/c1-2-5(8)3-7(4-5)11(6,9)10/h8H,2-4H2,1H3,(H2,6,9,10). The van der Waals surface area contributed by atoms with Crippen LogP contribution in [0.4, 0.5) is 0 Å². The normalized spacial score (nSPS) is 24.6. The molecule has 6 heteroatoms. The highest BCUT2D eigenvalue weighted by Crippen LogP contribution is 2.24. The fourth-order valence-corrected chi connectivity index (χ4v) is 1.85. The number of aliphatic hydroxyl groups is 1. The van der Waals surface area contributed by atoms with Gasteiger partial charge in [-0.25, -0.2) is 5.14 Å². The minimum atomic E-state index is -3.57. The summed E-state index contributed by atoms with van der Waals surface area (Å²) >= 11 is 0. The summed E-state index contributed by atoms with van der Waals surface area (Å²) in [6, 6.07) is 0. The molecule has 1 heterocycles. The number of rotatable bonds is 2. The Morgan fingerprint density at radius 3 is 2.36 bits per heavy atom. The molecular formula is C5H12N2O3S. The van der Waals surface area contributed by atoms with Gasteiger partial charge < -0.3 is 5.11 Å². The number of nitrogens with two attached hydrogens (primary N) is 1. The summed E-state index contributed by atoms with van der Waals surface area (Å²) < 4.78 is 22.3. The van der Waals surface area contributed by atoms with Crippen molar-refractivity contribution in [2.45, 2.75) is 18.9 Å². The molecule has 11 heavy (non-hydrogen) atoms. The van der Waals surface area contributed by atoms with Crippen LogP contribution in [0.2, 0.25) is 0 Å². The van der Waals surface area contributed by atoms with Crippen molar-refractivity contribution in [1.82, 2.24) is 4.31 Å². The van der Waals surface area contributed by atoms with Crippen molar-refractivity contribution in [3.05, 3.63) is 0 Å². The predicted molar refractivity (Wildman–Crippen MR) is 39.9 cm³/mol. The zero-order valence-corrected chi connectivity index (χ0v) is 7.13. The van der Waals surface area contributed by atoms with Gasteiger partial charge in [0.2, 0.25) is 0 Å². The SMILES string of the molecule is CCC1(O)CN(S(N)(=O)=O)C1. The number of nitrogens with zero attached hydrogens (tertiary/aromatic N) is 1. The van der Waals surface area contributed by atoms with E-state index in [0.717, 1.165) is 4.31 Å². The zero-order chi connectivity index (χ0) is 8.70. The molecule has 0 spiro atoms. The Hall–Kier alpha value is -0.170. The molecule has 1 rings (SSSR count). The molecule has 0 bridgehead atoms. The lowest BCUT2D eigenvalue weighted by atomic mass is 9.94. The highest BCUT2D eigenvalue weighted by atomic mass is 32.2. The summed E-state index contributed by atoms with van der Waals surface area (Å²) in [6.07, 6.45) is 0.555. The summed E-state index contributed by atoms with van der Waals surface area (Å²) in [5.41, 5.74) is -0.841. The van der Waals surface area contributed by atoms with Gasteiger partial charge in [0.15, 0.2) is 0 Å². The molecule has 0 saturated carbocycles. The first-order valence-electron chi connectivity index (χ1n) is 3.38. The van der Waals surface area contributed by atoms with Gasteiger partial charge in [-0.3, -0.25) is 0 Å². The van der Waals surface area contributed by atoms with Gasteiger partial charge in [-0.05, 0) is 6.42 Å². The third kappa shape index (κ3) is 1.70. The molecule has 0 aliphatic carbocycles. The van der Waals surface area contributed by atoms with Gasteiger partial charge in [0.1, 0.15) is 0 Å².